The van der Waals surface area contributed by atoms with Crippen molar-refractivity contribution in [1.82, 2.24) is 0 Å². The van der Waals surface area contributed by atoms with E-state index >= 15 is 0 Å². The maximum absolute atomic E-state index is 6.59. The summed E-state index contributed by atoms with van der Waals surface area (Å²) in [7, 11) is 0. The summed E-state index contributed by atoms with van der Waals surface area (Å²) in [5.74, 6) is 0. The van der Waals surface area contributed by atoms with E-state index in [4.69, 9.17) is 4.74 Å². The standard InChI is InChI=1S/C31H25NO/c1-4-12-24(13-5-1)27(25-14-6-2-7-15-25)20-21-30-22-23-33-31(30,26-16-8-3-9-17-26)32-29-19-11-10-18-28(29)30/h1-19,21,32H,22-23H2/t30-,31-/m0/s1. The third-order valence-electron chi connectivity index (χ3n) is 6.93. The molecule has 0 bridgehead atoms. The Hall–Kier alpha value is -3.84. The van der Waals surface area contributed by atoms with Gasteiger partial charge < -0.3 is 10.1 Å². The van der Waals surface area contributed by atoms with Crippen molar-refractivity contribution in [3.8, 4) is 0 Å². The van der Waals surface area contributed by atoms with Crippen LogP contribution in [-0.2, 0) is 15.9 Å². The van der Waals surface area contributed by atoms with Crippen molar-refractivity contribution < 1.29 is 4.74 Å². The Morgan fingerprint density at radius 1 is 0.727 bits per heavy atom. The molecule has 0 aromatic heterocycles. The molecule has 0 unspecified atom stereocenters. The quantitative estimate of drug-likeness (QED) is 0.357. The zero-order valence-electron chi connectivity index (χ0n) is 18.4. The monoisotopic (exact) mass is 427 g/mol. The minimum atomic E-state index is -0.649. The maximum Gasteiger partial charge on any atom is 0.178 e. The Morgan fingerprint density at radius 2 is 1.30 bits per heavy atom. The summed E-state index contributed by atoms with van der Waals surface area (Å²) >= 11 is 0. The van der Waals surface area contributed by atoms with E-state index in [2.05, 4.69) is 132 Å². The Labute approximate surface area is 194 Å². The van der Waals surface area contributed by atoms with Crippen molar-refractivity contribution >= 4 is 11.3 Å². The van der Waals surface area contributed by atoms with E-state index in [1.54, 1.807) is 0 Å². The summed E-state index contributed by atoms with van der Waals surface area (Å²) in [6.45, 7) is 0.681. The zero-order chi connectivity index (χ0) is 22.1. The molecule has 2 aliphatic heterocycles. The molecule has 0 aliphatic carbocycles. The van der Waals surface area contributed by atoms with Gasteiger partial charge >= 0.3 is 0 Å². The molecule has 0 radical (unpaired) electrons. The molecule has 1 N–H and O–H groups in total. The van der Waals surface area contributed by atoms with Gasteiger partial charge in [-0.2, -0.15) is 0 Å². The van der Waals surface area contributed by atoms with Gasteiger partial charge in [0.2, 0.25) is 0 Å². The van der Waals surface area contributed by atoms with Crippen LogP contribution in [0.2, 0.25) is 0 Å². The van der Waals surface area contributed by atoms with Gasteiger partial charge in [0.05, 0.1) is 12.0 Å². The molecule has 2 nitrogen and oxygen atoms in total. The summed E-state index contributed by atoms with van der Waals surface area (Å²) in [6.07, 6.45) is 3.15. The Morgan fingerprint density at radius 3 is 1.97 bits per heavy atom. The van der Waals surface area contributed by atoms with E-state index in [1.165, 1.54) is 5.56 Å². The minimum Gasteiger partial charge on any atom is -0.353 e. The number of hydrogen-bond acceptors (Lipinski definition) is 2. The van der Waals surface area contributed by atoms with Gasteiger partial charge in [-0.15, -0.1) is 5.73 Å². The van der Waals surface area contributed by atoms with Crippen LogP contribution in [0, 0.1) is 0 Å². The highest BCUT2D eigenvalue weighted by Gasteiger charge is 2.62. The van der Waals surface area contributed by atoms with E-state index in [1.807, 2.05) is 0 Å². The Bertz CT molecular complexity index is 1300. The largest absolute Gasteiger partial charge is 0.353 e. The molecule has 2 aliphatic rings. The van der Waals surface area contributed by atoms with Crippen molar-refractivity contribution in [2.24, 2.45) is 0 Å². The first-order valence-electron chi connectivity index (χ1n) is 11.5. The number of nitrogens with one attached hydrogen (secondary N) is 1. The molecule has 0 saturated carbocycles. The number of hydrogen-bond donors (Lipinski definition) is 1. The Balaban J connectivity index is 1.62. The SMILES string of the molecule is C(=C[C@@]12CCO[C@]1(c1ccccc1)Nc1ccccc12)=C(c1ccccc1)c1ccccc1. The van der Waals surface area contributed by atoms with E-state index in [0.29, 0.717) is 6.61 Å². The highest BCUT2D eigenvalue weighted by atomic mass is 16.5. The second-order valence-corrected chi connectivity index (χ2v) is 8.68. The molecule has 4 aromatic rings. The first kappa shape index (κ1) is 19.8. The maximum atomic E-state index is 6.59. The fourth-order valence-corrected chi connectivity index (χ4v) is 5.39. The lowest BCUT2D eigenvalue weighted by Gasteiger charge is -2.37. The fourth-order valence-electron chi connectivity index (χ4n) is 5.39. The van der Waals surface area contributed by atoms with Crippen LogP contribution in [0.4, 0.5) is 5.69 Å². The predicted molar refractivity (Wildman–Crippen MR) is 134 cm³/mol. The summed E-state index contributed by atoms with van der Waals surface area (Å²) in [4.78, 5) is 0. The first-order chi connectivity index (χ1) is 16.3. The zero-order valence-corrected chi connectivity index (χ0v) is 18.4. The molecular weight excluding hydrogens is 402 g/mol. The molecule has 1 saturated heterocycles. The predicted octanol–water partition coefficient (Wildman–Crippen LogP) is 6.91. The lowest BCUT2D eigenvalue weighted by atomic mass is 9.70. The average molecular weight is 428 g/mol. The van der Waals surface area contributed by atoms with E-state index in [0.717, 1.165) is 34.4 Å². The van der Waals surface area contributed by atoms with Gasteiger partial charge in [-0.25, -0.2) is 0 Å². The molecule has 2 heterocycles. The highest BCUT2D eigenvalue weighted by molar-refractivity contribution is 5.80. The molecule has 0 amide bonds. The number of para-hydroxylation sites is 1. The fraction of sp³-hybridized carbons (Fsp3) is 0.129. The van der Waals surface area contributed by atoms with Gasteiger partial charge in [0, 0.05) is 16.8 Å². The van der Waals surface area contributed by atoms with E-state index in [-0.39, 0.29) is 5.41 Å². The van der Waals surface area contributed by atoms with Gasteiger partial charge in [0.25, 0.3) is 0 Å². The summed E-state index contributed by atoms with van der Waals surface area (Å²) in [5.41, 5.74) is 9.67. The van der Waals surface area contributed by atoms with E-state index < -0.39 is 5.72 Å². The number of anilines is 1. The van der Waals surface area contributed by atoms with Crippen LogP contribution in [-0.4, -0.2) is 6.61 Å². The number of rotatable bonds is 4. The van der Waals surface area contributed by atoms with Crippen LogP contribution in [0.1, 0.15) is 28.7 Å². The molecule has 0 spiro atoms. The van der Waals surface area contributed by atoms with Crippen LogP contribution in [0.3, 0.4) is 0 Å². The van der Waals surface area contributed by atoms with Gasteiger partial charge in [-0.3, -0.25) is 0 Å². The topological polar surface area (TPSA) is 21.3 Å². The molecule has 4 aromatic carbocycles. The van der Waals surface area contributed by atoms with Gasteiger partial charge in [0.1, 0.15) is 0 Å². The molecule has 6 rings (SSSR count). The van der Waals surface area contributed by atoms with Crippen molar-refractivity contribution in [2.45, 2.75) is 17.6 Å². The Kier molecular flexibility index (Phi) is 4.77. The lowest BCUT2D eigenvalue weighted by Crippen LogP contribution is -2.45. The van der Waals surface area contributed by atoms with Gasteiger partial charge in [-0.1, -0.05) is 109 Å². The summed E-state index contributed by atoms with van der Waals surface area (Å²) < 4.78 is 6.59. The van der Waals surface area contributed by atoms with Gasteiger partial charge in [-0.05, 0) is 35.3 Å². The summed E-state index contributed by atoms with van der Waals surface area (Å²) in [5, 5.41) is 3.77. The molecule has 33 heavy (non-hydrogen) atoms. The number of ether oxygens (including phenoxy) is 1. The third kappa shape index (κ3) is 3.08. The minimum absolute atomic E-state index is 0.361. The number of benzene rings is 4. The second kappa shape index (κ2) is 7.94. The third-order valence-corrected chi connectivity index (χ3v) is 6.93. The van der Waals surface area contributed by atoms with Crippen LogP contribution in [0.5, 0.6) is 0 Å². The molecular formula is C31H25NO. The van der Waals surface area contributed by atoms with Crippen LogP contribution < -0.4 is 5.32 Å². The van der Waals surface area contributed by atoms with Gasteiger partial charge in [0.15, 0.2) is 5.72 Å². The average Bonchev–Trinajstić information content (AvgIpc) is 3.38. The van der Waals surface area contributed by atoms with Crippen LogP contribution >= 0.6 is 0 Å². The molecule has 160 valence electrons. The second-order valence-electron chi connectivity index (χ2n) is 8.68. The van der Waals surface area contributed by atoms with Crippen molar-refractivity contribution in [3.05, 3.63) is 149 Å². The van der Waals surface area contributed by atoms with Crippen molar-refractivity contribution in [3.63, 3.8) is 0 Å². The number of fused-ring (bicyclic) bond motifs is 3. The normalized spacial score (nSPS) is 22.5. The van der Waals surface area contributed by atoms with Crippen molar-refractivity contribution in [2.75, 3.05) is 11.9 Å². The molecule has 2 heteroatoms. The van der Waals surface area contributed by atoms with Crippen molar-refractivity contribution in [1.29, 1.82) is 0 Å². The lowest BCUT2D eigenvalue weighted by molar-refractivity contribution is 0.00457. The smallest absolute Gasteiger partial charge is 0.178 e. The molecule has 2 atom stereocenters. The summed E-state index contributed by atoms with van der Waals surface area (Å²) in [6, 6.07) is 40.1. The first-order valence-corrected chi connectivity index (χ1v) is 11.5. The highest BCUT2D eigenvalue weighted by Crippen LogP contribution is 2.59. The molecule has 1 fully saturated rings. The van der Waals surface area contributed by atoms with Crippen LogP contribution in [0.15, 0.2) is 127 Å². The van der Waals surface area contributed by atoms with E-state index in [9.17, 15) is 0 Å². The van der Waals surface area contributed by atoms with Crippen LogP contribution in [0.25, 0.3) is 5.57 Å².